The zero-order chi connectivity index (χ0) is 18.4. The minimum absolute atomic E-state index is 0.0817. The third-order valence-corrected chi connectivity index (χ3v) is 5.26. The molecule has 0 bridgehead atoms. The lowest BCUT2D eigenvalue weighted by Gasteiger charge is -2.13. The second kappa shape index (κ2) is 9.02. The van der Waals surface area contributed by atoms with Crippen LogP contribution in [-0.2, 0) is 12.3 Å². The number of nitrogens with two attached hydrogens (primary N) is 2. The Bertz CT molecular complexity index is 799. The molecule has 132 valence electrons. The Morgan fingerprint density at radius 2 is 1.76 bits per heavy atom. The summed E-state index contributed by atoms with van der Waals surface area (Å²) in [4.78, 5) is 1.43. The van der Waals surface area contributed by atoms with Crippen LogP contribution in [0.3, 0.4) is 0 Å². The molecule has 4 nitrogen and oxygen atoms in total. The zero-order valence-corrected chi connectivity index (χ0v) is 15.5. The number of nitrogens with one attached hydrogen (secondary N) is 2. The van der Waals surface area contributed by atoms with Crippen molar-refractivity contribution in [1.82, 2.24) is 5.32 Å². The van der Waals surface area contributed by atoms with Crippen molar-refractivity contribution in [3.05, 3.63) is 59.2 Å². The van der Waals surface area contributed by atoms with Gasteiger partial charge in [0.05, 0.1) is 0 Å². The smallest absolute Gasteiger partial charge is 0.163 e. The third-order valence-electron chi connectivity index (χ3n) is 3.13. The third kappa shape index (κ3) is 5.87. The number of halogens is 2. The number of amidine groups is 1. The first-order chi connectivity index (χ1) is 11.9. The van der Waals surface area contributed by atoms with E-state index >= 15 is 0 Å². The number of benzene rings is 2. The number of hydrogen-bond acceptors (Lipinski definition) is 4. The lowest BCUT2D eigenvalue weighted by Crippen LogP contribution is -2.28. The topological polar surface area (TPSA) is 87.9 Å². The van der Waals surface area contributed by atoms with E-state index in [-0.39, 0.29) is 16.0 Å². The summed E-state index contributed by atoms with van der Waals surface area (Å²) in [6, 6.07) is 9.81. The summed E-state index contributed by atoms with van der Waals surface area (Å²) < 4.78 is 27.3. The molecule has 0 spiro atoms. The SMILES string of the molecule is N=C(N)SCc1cc(F)c(F)cc1Sc1ccccc1CNC(N)=S. The van der Waals surface area contributed by atoms with Crippen molar-refractivity contribution in [3.8, 4) is 0 Å². The second-order valence-electron chi connectivity index (χ2n) is 4.95. The molecule has 0 aliphatic rings. The van der Waals surface area contributed by atoms with Crippen molar-refractivity contribution in [3.63, 3.8) is 0 Å². The minimum Gasteiger partial charge on any atom is -0.379 e. The fourth-order valence-electron chi connectivity index (χ4n) is 1.98. The van der Waals surface area contributed by atoms with Crippen molar-refractivity contribution in [2.24, 2.45) is 11.5 Å². The fourth-order valence-corrected chi connectivity index (χ4v) is 3.78. The highest BCUT2D eigenvalue weighted by Crippen LogP contribution is 2.35. The van der Waals surface area contributed by atoms with E-state index in [9.17, 15) is 8.78 Å². The Morgan fingerprint density at radius 3 is 2.44 bits per heavy atom. The van der Waals surface area contributed by atoms with Crippen LogP contribution in [0.2, 0.25) is 0 Å². The van der Waals surface area contributed by atoms with Crippen molar-refractivity contribution in [2.75, 3.05) is 0 Å². The molecule has 2 rings (SSSR count). The minimum atomic E-state index is -0.924. The van der Waals surface area contributed by atoms with E-state index in [4.69, 9.17) is 29.1 Å². The Kier molecular flexibility index (Phi) is 7.03. The molecule has 0 fully saturated rings. The molecular formula is C16H16F2N4S3. The first kappa shape index (κ1) is 19.5. The largest absolute Gasteiger partial charge is 0.379 e. The molecule has 0 radical (unpaired) electrons. The molecule has 2 aromatic carbocycles. The van der Waals surface area contributed by atoms with Gasteiger partial charge in [0.1, 0.15) is 0 Å². The van der Waals surface area contributed by atoms with Gasteiger partial charge in [0, 0.05) is 22.1 Å². The Labute approximate surface area is 158 Å². The van der Waals surface area contributed by atoms with Gasteiger partial charge in [-0.15, -0.1) is 0 Å². The molecule has 6 N–H and O–H groups in total. The average molecular weight is 399 g/mol. The molecule has 0 atom stereocenters. The highest BCUT2D eigenvalue weighted by Gasteiger charge is 2.13. The average Bonchev–Trinajstić information content (AvgIpc) is 2.55. The monoisotopic (exact) mass is 398 g/mol. The van der Waals surface area contributed by atoms with Crippen LogP contribution in [0.5, 0.6) is 0 Å². The summed E-state index contributed by atoms with van der Waals surface area (Å²) >= 11 is 7.18. The van der Waals surface area contributed by atoms with Crippen LogP contribution in [0.1, 0.15) is 11.1 Å². The molecule has 2 aromatic rings. The van der Waals surface area contributed by atoms with Crippen molar-refractivity contribution >= 4 is 46.0 Å². The first-order valence-corrected chi connectivity index (χ1v) is 9.31. The van der Waals surface area contributed by atoms with E-state index < -0.39 is 11.6 Å². The number of hydrogen-bond donors (Lipinski definition) is 4. The van der Waals surface area contributed by atoms with E-state index in [0.717, 1.165) is 34.4 Å². The molecule has 0 aliphatic heterocycles. The van der Waals surface area contributed by atoms with Crippen LogP contribution in [0.4, 0.5) is 8.78 Å². The van der Waals surface area contributed by atoms with Crippen LogP contribution < -0.4 is 16.8 Å². The van der Waals surface area contributed by atoms with Crippen molar-refractivity contribution in [1.29, 1.82) is 5.41 Å². The summed E-state index contributed by atoms with van der Waals surface area (Å²) in [7, 11) is 0. The summed E-state index contributed by atoms with van der Waals surface area (Å²) in [6.45, 7) is 0.430. The summed E-state index contributed by atoms with van der Waals surface area (Å²) in [5.41, 5.74) is 12.3. The fraction of sp³-hybridized carbons (Fsp3) is 0.125. The maximum atomic E-state index is 13.7. The molecule has 0 unspecified atom stereocenters. The molecule has 9 heteroatoms. The van der Waals surface area contributed by atoms with E-state index in [1.54, 1.807) is 0 Å². The Hall–Kier alpha value is -1.84. The maximum Gasteiger partial charge on any atom is 0.163 e. The van der Waals surface area contributed by atoms with Gasteiger partial charge in [-0.05, 0) is 41.5 Å². The summed E-state index contributed by atoms with van der Waals surface area (Å²) in [6.07, 6.45) is 0. The van der Waals surface area contributed by atoms with Crippen molar-refractivity contribution < 1.29 is 8.78 Å². The van der Waals surface area contributed by atoms with E-state index in [2.05, 4.69) is 5.32 Å². The molecule has 0 saturated heterocycles. The molecule has 0 amide bonds. The van der Waals surface area contributed by atoms with Crippen LogP contribution in [0.15, 0.2) is 46.2 Å². The van der Waals surface area contributed by atoms with Gasteiger partial charge in [0.15, 0.2) is 21.9 Å². The van der Waals surface area contributed by atoms with Gasteiger partial charge in [-0.25, -0.2) is 8.78 Å². The lowest BCUT2D eigenvalue weighted by molar-refractivity contribution is 0.504. The molecular weight excluding hydrogens is 382 g/mol. The quantitative estimate of drug-likeness (QED) is 0.338. The normalized spacial score (nSPS) is 10.5. The predicted molar refractivity (Wildman–Crippen MR) is 104 cm³/mol. The molecule has 0 saturated carbocycles. The van der Waals surface area contributed by atoms with Gasteiger partial charge in [0.25, 0.3) is 0 Å². The van der Waals surface area contributed by atoms with E-state index in [0.29, 0.717) is 17.0 Å². The number of thiocarbonyl (C=S) groups is 1. The van der Waals surface area contributed by atoms with Gasteiger partial charge >= 0.3 is 0 Å². The summed E-state index contributed by atoms with van der Waals surface area (Å²) in [5, 5.41) is 10.3. The maximum absolute atomic E-state index is 13.7. The Balaban J connectivity index is 2.31. The standard InChI is InChI=1S/C16H16F2N4S3/c17-11-5-10(8-24-15(19)20)14(6-12(11)18)25-13-4-2-1-3-9(13)7-22-16(21)23/h1-6H,7-8H2,(H3,19,20)(H3,21,22,23). The van der Waals surface area contributed by atoms with Crippen molar-refractivity contribution in [2.45, 2.75) is 22.1 Å². The number of rotatable bonds is 6. The molecule has 25 heavy (non-hydrogen) atoms. The van der Waals surface area contributed by atoms with E-state index in [1.165, 1.54) is 11.8 Å². The molecule has 0 aliphatic carbocycles. The Morgan fingerprint density at radius 1 is 1.08 bits per heavy atom. The van der Waals surface area contributed by atoms with Gasteiger partial charge in [-0.3, -0.25) is 5.41 Å². The van der Waals surface area contributed by atoms with Gasteiger partial charge < -0.3 is 16.8 Å². The first-order valence-electron chi connectivity index (χ1n) is 7.10. The van der Waals surface area contributed by atoms with Crippen LogP contribution in [0.25, 0.3) is 0 Å². The highest BCUT2D eigenvalue weighted by molar-refractivity contribution is 8.13. The van der Waals surface area contributed by atoms with Crippen LogP contribution in [-0.4, -0.2) is 10.3 Å². The van der Waals surface area contributed by atoms with Gasteiger partial charge in [0.2, 0.25) is 0 Å². The predicted octanol–water partition coefficient (Wildman–Crippen LogP) is 3.58. The summed E-state index contributed by atoms with van der Waals surface area (Å²) in [5.74, 6) is -1.56. The highest BCUT2D eigenvalue weighted by atomic mass is 32.2. The van der Waals surface area contributed by atoms with Gasteiger partial charge in [-0.2, -0.15) is 0 Å². The molecule has 0 heterocycles. The second-order valence-corrected chi connectivity index (χ2v) is 7.50. The van der Waals surface area contributed by atoms with Crippen LogP contribution >= 0.6 is 35.7 Å². The van der Waals surface area contributed by atoms with Crippen LogP contribution in [0, 0.1) is 17.0 Å². The van der Waals surface area contributed by atoms with Gasteiger partial charge in [-0.1, -0.05) is 41.7 Å². The zero-order valence-electron chi connectivity index (χ0n) is 13.0. The number of thioether (sulfide) groups is 1. The molecule has 0 aromatic heterocycles. The van der Waals surface area contributed by atoms with E-state index in [1.807, 2.05) is 24.3 Å². The lowest BCUT2D eigenvalue weighted by atomic mass is 10.2.